The smallest absolute Gasteiger partial charge is 0.272 e. The number of amides is 1. The molecule has 2 aromatic heterocycles. The summed E-state index contributed by atoms with van der Waals surface area (Å²) in [6, 6.07) is 13.4. The van der Waals surface area contributed by atoms with Gasteiger partial charge in [-0.25, -0.2) is 13.4 Å². The largest absolute Gasteiger partial charge is 0.341 e. The van der Waals surface area contributed by atoms with Crippen LogP contribution in [0.3, 0.4) is 0 Å². The van der Waals surface area contributed by atoms with E-state index < -0.39 is 15.4 Å². The van der Waals surface area contributed by atoms with Gasteiger partial charge in [-0.3, -0.25) is 9.20 Å². The third-order valence-corrected chi connectivity index (χ3v) is 6.39. The molecule has 4 rings (SSSR count). The van der Waals surface area contributed by atoms with E-state index in [4.69, 9.17) is 0 Å². The predicted molar refractivity (Wildman–Crippen MR) is 107 cm³/mol. The van der Waals surface area contributed by atoms with E-state index in [-0.39, 0.29) is 16.8 Å². The standard InChI is InChI=1S/C21H23N3O3S/c1-15-8-7-9-16(14-15)21(11-4-5-12-21)23-19(25)18-17-10-3-6-13-24(17)20(22-18)28(2,26)27/h3,6-10,13-14H,4-5,11-12H2,1-2H3,(H,23,25). The molecule has 1 saturated carbocycles. The maximum Gasteiger partial charge on any atom is 0.272 e. The van der Waals surface area contributed by atoms with Gasteiger partial charge in [-0.2, -0.15) is 0 Å². The van der Waals surface area contributed by atoms with Crippen LogP contribution in [0, 0.1) is 6.92 Å². The third-order valence-electron chi connectivity index (χ3n) is 5.44. The summed E-state index contributed by atoms with van der Waals surface area (Å²) in [7, 11) is -3.57. The molecule has 7 heteroatoms. The van der Waals surface area contributed by atoms with Gasteiger partial charge in [-0.05, 0) is 37.5 Å². The Labute approximate surface area is 164 Å². The molecule has 2 heterocycles. The Bertz CT molecular complexity index is 1160. The summed E-state index contributed by atoms with van der Waals surface area (Å²) in [6.07, 6.45) is 6.49. The van der Waals surface area contributed by atoms with Crippen molar-refractivity contribution in [1.82, 2.24) is 14.7 Å². The van der Waals surface area contributed by atoms with E-state index in [1.165, 1.54) is 4.40 Å². The van der Waals surface area contributed by atoms with Gasteiger partial charge in [0.2, 0.25) is 15.0 Å². The number of pyridine rings is 1. The normalized spacial score (nSPS) is 16.4. The number of sulfone groups is 1. The van der Waals surface area contributed by atoms with Crippen LogP contribution < -0.4 is 5.32 Å². The highest BCUT2D eigenvalue weighted by atomic mass is 32.2. The first kappa shape index (κ1) is 18.7. The molecular weight excluding hydrogens is 374 g/mol. The van der Waals surface area contributed by atoms with E-state index >= 15 is 0 Å². The highest BCUT2D eigenvalue weighted by Crippen LogP contribution is 2.39. The summed E-state index contributed by atoms with van der Waals surface area (Å²) < 4.78 is 25.7. The van der Waals surface area contributed by atoms with Crippen molar-refractivity contribution in [3.05, 3.63) is 65.5 Å². The zero-order chi connectivity index (χ0) is 19.9. The number of carbonyl (C=O) groups excluding carboxylic acids is 1. The Morgan fingerprint density at radius 3 is 2.57 bits per heavy atom. The van der Waals surface area contributed by atoms with Crippen molar-refractivity contribution < 1.29 is 13.2 Å². The first-order chi connectivity index (χ1) is 13.3. The third kappa shape index (κ3) is 3.20. The summed E-state index contributed by atoms with van der Waals surface area (Å²) in [5.41, 5.74) is 2.41. The van der Waals surface area contributed by atoms with Crippen LogP contribution in [0.2, 0.25) is 0 Å². The average molecular weight is 398 g/mol. The van der Waals surface area contributed by atoms with Crippen LogP contribution in [0.25, 0.3) is 5.52 Å². The highest BCUT2D eigenvalue weighted by molar-refractivity contribution is 7.90. The lowest BCUT2D eigenvalue weighted by molar-refractivity contribution is 0.0895. The van der Waals surface area contributed by atoms with E-state index in [0.29, 0.717) is 5.52 Å². The van der Waals surface area contributed by atoms with Crippen molar-refractivity contribution in [1.29, 1.82) is 0 Å². The van der Waals surface area contributed by atoms with Gasteiger partial charge >= 0.3 is 0 Å². The Morgan fingerprint density at radius 1 is 1.14 bits per heavy atom. The molecule has 1 N–H and O–H groups in total. The molecule has 0 aliphatic heterocycles. The number of carbonyl (C=O) groups is 1. The maximum absolute atomic E-state index is 13.2. The quantitative estimate of drug-likeness (QED) is 0.733. The number of imidazole rings is 1. The lowest BCUT2D eigenvalue weighted by Crippen LogP contribution is -2.44. The molecule has 3 aromatic rings. The molecule has 0 radical (unpaired) electrons. The monoisotopic (exact) mass is 397 g/mol. The number of benzene rings is 1. The molecule has 0 spiro atoms. The first-order valence-corrected chi connectivity index (χ1v) is 11.3. The fraction of sp³-hybridized carbons (Fsp3) is 0.333. The van der Waals surface area contributed by atoms with Gasteiger partial charge in [0.15, 0.2) is 5.69 Å². The van der Waals surface area contributed by atoms with E-state index in [2.05, 4.69) is 16.4 Å². The van der Waals surface area contributed by atoms with Crippen molar-refractivity contribution in [2.45, 2.75) is 43.3 Å². The van der Waals surface area contributed by atoms with Crippen LogP contribution in [0.15, 0.2) is 53.8 Å². The van der Waals surface area contributed by atoms with E-state index in [1.54, 1.807) is 24.4 Å². The van der Waals surface area contributed by atoms with Crippen LogP contribution >= 0.6 is 0 Å². The number of aryl methyl sites for hydroxylation is 1. The van der Waals surface area contributed by atoms with Crippen molar-refractivity contribution in [3.8, 4) is 0 Å². The molecule has 0 atom stereocenters. The van der Waals surface area contributed by atoms with Gasteiger partial charge in [-0.15, -0.1) is 0 Å². The average Bonchev–Trinajstić information content (AvgIpc) is 3.27. The second-order valence-corrected chi connectivity index (χ2v) is 9.49. The van der Waals surface area contributed by atoms with Crippen LogP contribution in [0.4, 0.5) is 0 Å². The topological polar surface area (TPSA) is 80.5 Å². The van der Waals surface area contributed by atoms with Gasteiger partial charge in [0.05, 0.1) is 11.1 Å². The van der Waals surface area contributed by atoms with E-state index in [9.17, 15) is 13.2 Å². The second-order valence-electron chi connectivity index (χ2n) is 7.58. The fourth-order valence-corrected chi connectivity index (χ4v) is 4.90. The summed E-state index contributed by atoms with van der Waals surface area (Å²) in [5, 5.41) is 3.08. The Balaban J connectivity index is 1.78. The fourth-order valence-electron chi connectivity index (χ4n) is 4.12. The van der Waals surface area contributed by atoms with Crippen LogP contribution in [-0.4, -0.2) is 30.0 Å². The molecule has 1 aliphatic rings. The maximum atomic E-state index is 13.2. The molecule has 0 bridgehead atoms. The van der Waals surface area contributed by atoms with Crippen molar-refractivity contribution >= 4 is 21.3 Å². The molecule has 6 nitrogen and oxygen atoms in total. The van der Waals surface area contributed by atoms with Crippen molar-refractivity contribution in [3.63, 3.8) is 0 Å². The van der Waals surface area contributed by atoms with E-state index in [1.807, 2.05) is 25.1 Å². The van der Waals surface area contributed by atoms with Crippen LogP contribution in [0.1, 0.15) is 47.3 Å². The molecule has 0 unspecified atom stereocenters. The summed E-state index contributed by atoms with van der Waals surface area (Å²) in [6.45, 7) is 2.04. The molecule has 1 fully saturated rings. The van der Waals surface area contributed by atoms with Gasteiger partial charge in [-0.1, -0.05) is 48.7 Å². The van der Waals surface area contributed by atoms with Gasteiger partial charge in [0.25, 0.3) is 5.91 Å². The van der Waals surface area contributed by atoms with E-state index in [0.717, 1.165) is 43.1 Å². The zero-order valence-corrected chi connectivity index (χ0v) is 16.8. The molecular formula is C21H23N3O3S. The van der Waals surface area contributed by atoms with Gasteiger partial charge < -0.3 is 5.32 Å². The number of rotatable bonds is 4. The Kier molecular flexibility index (Phi) is 4.50. The minimum atomic E-state index is -3.57. The zero-order valence-electron chi connectivity index (χ0n) is 16.0. The van der Waals surface area contributed by atoms with Crippen LogP contribution in [-0.2, 0) is 15.4 Å². The van der Waals surface area contributed by atoms with Crippen LogP contribution in [0.5, 0.6) is 0 Å². The number of fused-ring (bicyclic) bond motifs is 1. The first-order valence-electron chi connectivity index (χ1n) is 9.37. The summed E-state index contributed by atoms with van der Waals surface area (Å²) in [5.74, 6) is -0.345. The molecule has 28 heavy (non-hydrogen) atoms. The summed E-state index contributed by atoms with van der Waals surface area (Å²) >= 11 is 0. The second kappa shape index (κ2) is 6.74. The van der Waals surface area contributed by atoms with Crippen molar-refractivity contribution in [2.24, 2.45) is 0 Å². The molecule has 1 aromatic carbocycles. The summed E-state index contributed by atoms with van der Waals surface area (Å²) in [4.78, 5) is 17.4. The van der Waals surface area contributed by atoms with Gasteiger partial charge in [0.1, 0.15) is 0 Å². The minimum absolute atomic E-state index is 0.121. The van der Waals surface area contributed by atoms with Crippen molar-refractivity contribution in [2.75, 3.05) is 6.26 Å². The van der Waals surface area contributed by atoms with Gasteiger partial charge in [0, 0.05) is 12.5 Å². The lowest BCUT2D eigenvalue weighted by Gasteiger charge is -2.31. The molecule has 146 valence electrons. The number of nitrogens with one attached hydrogen (secondary N) is 1. The highest BCUT2D eigenvalue weighted by Gasteiger charge is 2.38. The Hall–Kier alpha value is -2.67. The SMILES string of the molecule is Cc1cccc(C2(NC(=O)c3nc(S(C)(=O)=O)n4ccccc34)CCCC2)c1. The molecule has 1 amide bonds. The number of hydrogen-bond acceptors (Lipinski definition) is 4. The lowest BCUT2D eigenvalue weighted by atomic mass is 9.87. The predicted octanol–water partition coefficient (Wildman–Crippen LogP) is 3.25. The molecule has 0 saturated heterocycles. The number of hydrogen-bond donors (Lipinski definition) is 1. The Morgan fingerprint density at radius 2 is 1.89 bits per heavy atom. The minimum Gasteiger partial charge on any atom is -0.341 e. The molecule has 1 aliphatic carbocycles. The number of nitrogens with zero attached hydrogens (tertiary/aromatic N) is 2. The number of aromatic nitrogens is 2.